The van der Waals surface area contributed by atoms with Crippen molar-refractivity contribution in [3.8, 4) is 0 Å². The topological polar surface area (TPSA) is 23.5 Å². The van der Waals surface area contributed by atoms with Crippen LogP contribution < -0.4 is 0 Å². The average Bonchev–Trinajstić information content (AvgIpc) is 2.62. The van der Waals surface area contributed by atoms with Gasteiger partial charge in [0.25, 0.3) is 0 Å². The van der Waals surface area contributed by atoms with Crippen LogP contribution in [0.2, 0.25) is 0 Å². The van der Waals surface area contributed by atoms with Crippen LogP contribution >= 0.6 is 15.9 Å². The van der Waals surface area contributed by atoms with E-state index in [1.807, 2.05) is 0 Å². The second-order valence-corrected chi connectivity index (χ2v) is 6.33. The van der Waals surface area contributed by atoms with Crippen molar-refractivity contribution >= 4 is 15.9 Å². The lowest BCUT2D eigenvalue weighted by Crippen LogP contribution is -2.39. The molecule has 0 bridgehead atoms. The zero-order valence-corrected chi connectivity index (χ0v) is 12.3. The standard InChI is InChI=1S/C13H26BrNO/c1-12(5-9-14)6-10-15(2)11-13(16)7-3-4-8-13/h12,16H,3-11H2,1-2H3. The van der Waals surface area contributed by atoms with Crippen molar-refractivity contribution in [1.29, 1.82) is 0 Å². The van der Waals surface area contributed by atoms with Crippen molar-refractivity contribution in [1.82, 2.24) is 4.90 Å². The minimum Gasteiger partial charge on any atom is -0.389 e. The zero-order valence-electron chi connectivity index (χ0n) is 10.7. The Kier molecular flexibility index (Phi) is 6.30. The van der Waals surface area contributed by atoms with Gasteiger partial charge in [0.05, 0.1) is 5.60 Å². The molecule has 3 heteroatoms. The third kappa shape index (κ3) is 5.15. The number of hydrogen-bond donors (Lipinski definition) is 1. The summed E-state index contributed by atoms with van der Waals surface area (Å²) in [5.74, 6) is 0.778. The molecule has 0 saturated heterocycles. The van der Waals surface area contributed by atoms with Gasteiger partial charge in [-0.15, -0.1) is 0 Å². The Hall–Kier alpha value is 0.400. The van der Waals surface area contributed by atoms with Gasteiger partial charge in [0.15, 0.2) is 0 Å². The molecule has 16 heavy (non-hydrogen) atoms. The summed E-state index contributed by atoms with van der Waals surface area (Å²) in [7, 11) is 2.14. The molecule has 1 rings (SSSR count). The van der Waals surface area contributed by atoms with E-state index in [0.29, 0.717) is 0 Å². The molecule has 96 valence electrons. The Morgan fingerprint density at radius 2 is 1.94 bits per heavy atom. The van der Waals surface area contributed by atoms with Crippen LogP contribution in [0, 0.1) is 5.92 Å². The van der Waals surface area contributed by atoms with E-state index < -0.39 is 0 Å². The van der Waals surface area contributed by atoms with Crippen LogP contribution in [0.1, 0.15) is 45.4 Å². The molecule has 0 aromatic carbocycles. The molecule has 0 amide bonds. The van der Waals surface area contributed by atoms with E-state index in [9.17, 15) is 5.11 Å². The van der Waals surface area contributed by atoms with Gasteiger partial charge in [0.2, 0.25) is 0 Å². The Labute approximate surface area is 109 Å². The fourth-order valence-corrected chi connectivity index (χ4v) is 3.33. The van der Waals surface area contributed by atoms with Crippen molar-refractivity contribution in [2.75, 3.05) is 25.5 Å². The van der Waals surface area contributed by atoms with Crippen LogP contribution in [-0.2, 0) is 0 Å². The molecule has 1 aliphatic carbocycles. The van der Waals surface area contributed by atoms with Crippen molar-refractivity contribution in [3.05, 3.63) is 0 Å². The van der Waals surface area contributed by atoms with Crippen LogP contribution in [0.3, 0.4) is 0 Å². The normalized spacial score (nSPS) is 21.6. The quantitative estimate of drug-likeness (QED) is 0.729. The lowest BCUT2D eigenvalue weighted by molar-refractivity contribution is 0.0154. The number of hydrogen-bond acceptors (Lipinski definition) is 2. The van der Waals surface area contributed by atoms with Crippen LogP contribution in [0.25, 0.3) is 0 Å². The van der Waals surface area contributed by atoms with Gasteiger partial charge in [-0.3, -0.25) is 0 Å². The first kappa shape index (κ1) is 14.5. The summed E-state index contributed by atoms with van der Waals surface area (Å²) >= 11 is 3.48. The van der Waals surface area contributed by atoms with Gasteiger partial charge in [-0.25, -0.2) is 0 Å². The van der Waals surface area contributed by atoms with E-state index in [4.69, 9.17) is 0 Å². The molecule has 1 unspecified atom stereocenters. The molecule has 0 heterocycles. The number of alkyl halides is 1. The van der Waals surface area contributed by atoms with Crippen LogP contribution in [0.15, 0.2) is 0 Å². The van der Waals surface area contributed by atoms with Gasteiger partial charge in [-0.1, -0.05) is 35.7 Å². The summed E-state index contributed by atoms with van der Waals surface area (Å²) in [6.45, 7) is 4.27. The van der Waals surface area contributed by atoms with Gasteiger partial charge in [0.1, 0.15) is 0 Å². The lowest BCUT2D eigenvalue weighted by Gasteiger charge is -2.29. The summed E-state index contributed by atoms with van der Waals surface area (Å²) in [5.41, 5.74) is -0.382. The minimum atomic E-state index is -0.382. The molecule has 2 nitrogen and oxygen atoms in total. The first-order chi connectivity index (χ1) is 7.56. The maximum Gasteiger partial charge on any atom is 0.0774 e. The van der Waals surface area contributed by atoms with Crippen molar-refractivity contribution < 1.29 is 5.11 Å². The van der Waals surface area contributed by atoms with Gasteiger partial charge in [-0.2, -0.15) is 0 Å². The van der Waals surface area contributed by atoms with Crippen molar-refractivity contribution in [2.45, 2.75) is 51.0 Å². The smallest absolute Gasteiger partial charge is 0.0774 e. The monoisotopic (exact) mass is 291 g/mol. The summed E-state index contributed by atoms with van der Waals surface area (Å²) in [5, 5.41) is 11.4. The highest BCUT2D eigenvalue weighted by Crippen LogP contribution is 2.30. The highest BCUT2D eigenvalue weighted by Gasteiger charge is 2.31. The number of halogens is 1. The minimum absolute atomic E-state index is 0.382. The highest BCUT2D eigenvalue weighted by atomic mass is 79.9. The maximum atomic E-state index is 10.3. The molecular formula is C13H26BrNO. The first-order valence-electron chi connectivity index (χ1n) is 6.53. The maximum absolute atomic E-state index is 10.3. The van der Waals surface area contributed by atoms with Gasteiger partial charge < -0.3 is 10.0 Å². The van der Waals surface area contributed by atoms with Crippen molar-refractivity contribution in [3.63, 3.8) is 0 Å². The van der Waals surface area contributed by atoms with Gasteiger partial charge in [0, 0.05) is 11.9 Å². The first-order valence-corrected chi connectivity index (χ1v) is 7.65. The second-order valence-electron chi connectivity index (χ2n) is 5.54. The van der Waals surface area contributed by atoms with Crippen molar-refractivity contribution in [2.24, 2.45) is 5.92 Å². The molecular weight excluding hydrogens is 266 g/mol. The van der Waals surface area contributed by atoms with E-state index in [1.165, 1.54) is 25.7 Å². The fourth-order valence-electron chi connectivity index (χ4n) is 2.54. The molecule has 1 N–H and O–H groups in total. The Bertz CT molecular complexity index is 192. The predicted octanol–water partition coefficient (Wildman–Crippen LogP) is 3.03. The van der Waals surface area contributed by atoms with E-state index in [-0.39, 0.29) is 5.60 Å². The van der Waals surface area contributed by atoms with Crippen LogP contribution in [0.5, 0.6) is 0 Å². The molecule has 0 aromatic rings. The Morgan fingerprint density at radius 1 is 1.31 bits per heavy atom. The summed E-state index contributed by atoms with van der Waals surface area (Å²) in [6.07, 6.45) is 6.87. The molecule has 1 fully saturated rings. The van der Waals surface area contributed by atoms with E-state index in [1.54, 1.807) is 0 Å². The predicted molar refractivity (Wildman–Crippen MR) is 73.1 cm³/mol. The zero-order chi connectivity index (χ0) is 12.0. The Morgan fingerprint density at radius 3 is 2.50 bits per heavy atom. The van der Waals surface area contributed by atoms with E-state index in [0.717, 1.165) is 37.2 Å². The molecule has 0 spiro atoms. The summed E-state index contributed by atoms with van der Waals surface area (Å²) in [4.78, 5) is 2.30. The third-order valence-electron chi connectivity index (χ3n) is 3.70. The molecule has 1 atom stereocenters. The van der Waals surface area contributed by atoms with Crippen LogP contribution in [0.4, 0.5) is 0 Å². The number of likely N-dealkylation sites (N-methyl/N-ethyl adjacent to an activating group) is 1. The van der Waals surface area contributed by atoms with Crippen LogP contribution in [-0.4, -0.2) is 41.1 Å². The summed E-state index contributed by atoms with van der Waals surface area (Å²) < 4.78 is 0. The molecule has 0 radical (unpaired) electrons. The summed E-state index contributed by atoms with van der Waals surface area (Å²) in [6, 6.07) is 0. The van der Waals surface area contributed by atoms with Gasteiger partial charge >= 0.3 is 0 Å². The molecule has 0 aliphatic heterocycles. The van der Waals surface area contributed by atoms with E-state index >= 15 is 0 Å². The Balaban J connectivity index is 2.17. The van der Waals surface area contributed by atoms with E-state index in [2.05, 4.69) is 34.8 Å². The second kappa shape index (κ2) is 6.97. The molecule has 1 aliphatic rings. The largest absolute Gasteiger partial charge is 0.389 e. The van der Waals surface area contributed by atoms with Gasteiger partial charge in [-0.05, 0) is 45.2 Å². The SMILES string of the molecule is CC(CCBr)CCN(C)CC1(O)CCCC1. The highest BCUT2D eigenvalue weighted by molar-refractivity contribution is 9.09. The fraction of sp³-hybridized carbons (Fsp3) is 1.00. The number of nitrogens with zero attached hydrogens (tertiary/aromatic N) is 1. The molecule has 1 saturated carbocycles. The third-order valence-corrected chi connectivity index (χ3v) is 4.16. The number of aliphatic hydroxyl groups is 1. The molecule has 0 aromatic heterocycles. The number of rotatable bonds is 7. The average molecular weight is 292 g/mol. The lowest BCUT2D eigenvalue weighted by atomic mass is 10.0.